The first-order valence-electron chi connectivity index (χ1n) is 1.05. The third-order valence-electron chi connectivity index (χ3n) is 0.136. The number of rotatable bonds is 2. The molecule has 0 unspecified atom stereocenters. The van der Waals surface area contributed by atoms with E-state index in [4.69, 9.17) is 0 Å². The Hall–Kier alpha value is 0.435. The Morgan fingerprint density at radius 3 is 2.60 bits per heavy atom. The van der Waals surface area contributed by atoms with Crippen LogP contribution in [0.2, 0.25) is 0 Å². The average Bonchev–Trinajstić information content (AvgIpc) is 1.41. The first kappa shape index (κ1) is 5.43. The van der Waals surface area contributed by atoms with E-state index in [1.807, 2.05) is 6.26 Å². The van der Waals surface area contributed by atoms with Crippen molar-refractivity contribution in [3.8, 4) is 0 Å². The third kappa shape index (κ3) is 4.43. The van der Waals surface area contributed by atoms with E-state index in [-0.39, 0.29) is 0 Å². The van der Waals surface area contributed by atoms with Crippen molar-refractivity contribution >= 4 is 30.5 Å². The molecule has 0 atom stereocenters. The zero-order chi connectivity index (χ0) is 4.12. The van der Waals surface area contributed by atoms with Crippen LogP contribution in [0.5, 0.6) is 0 Å². The van der Waals surface area contributed by atoms with Crippen molar-refractivity contribution < 1.29 is 4.10 Å². The molecule has 0 saturated heterocycles. The van der Waals surface area contributed by atoms with Gasteiger partial charge in [-0.15, -0.1) is 0 Å². The van der Waals surface area contributed by atoms with Crippen LogP contribution in [0.25, 0.3) is 0 Å². The van der Waals surface area contributed by atoms with Crippen molar-refractivity contribution in [2.45, 2.75) is 0 Å². The second-order valence-electron chi connectivity index (χ2n) is 0.359. The molecular weight excluding hydrogens is 103 g/mol. The Morgan fingerprint density at radius 1 is 2.00 bits per heavy atom. The summed E-state index contributed by atoms with van der Waals surface area (Å²) in [5.41, 5.74) is 0. The summed E-state index contributed by atoms with van der Waals surface area (Å²) in [6, 6.07) is 0. The van der Waals surface area contributed by atoms with E-state index < -0.39 is 0 Å². The van der Waals surface area contributed by atoms with E-state index in [1.54, 1.807) is 0 Å². The van der Waals surface area contributed by atoms with Crippen LogP contribution in [0.15, 0.2) is 0 Å². The number of hydrogen-bond donors (Lipinski definition) is 0. The van der Waals surface area contributed by atoms with Gasteiger partial charge >= 0.3 is 40.8 Å². The number of hydrogen-bond acceptors (Lipinski definition) is 3. The molecule has 0 amide bonds. The fourth-order valence-corrected chi connectivity index (χ4v) is 0.354. The van der Waals surface area contributed by atoms with Crippen molar-refractivity contribution in [1.82, 2.24) is 0 Å². The molecule has 0 fully saturated rings. The van der Waals surface area contributed by atoms with Crippen molar-refractivity contribution in [1.29, 1.82) is 0 Å². The van der Waals surface area contributed by atoms with Crippen LogP contribution >= 0.6 is 24.1 Å². The van der Waals surface area contributed by atoms with Gasteiger partial charge in [0.05, 0.1) is 0 Å². The summed E-state index contributed by atoms with van der Waals surface area (Å²) in [6.07, 6.45) is 3.04. The van der Waals surface area contributed by atoms with Crippen LogP contribution in [0.1, 0.15) is 0 Å². The molecule has 1 nitrogen and oxygen atoms in total. The second-order valence-corrected chi connectivity index (χ2v) is 1.08. The van der Waals surface area contributed by atoms with Gasteiger partial charge in [-0.2, -0.15) is 0 Å². The Kier molecular flexibility index (Phi) is 4.82. The summed E-state index contributed by atoms with van der Waals surface area (Å²) < 4.78 is 4.44. The third-order valence-corrected chi connectivity index (χ3v) is 0.642. The van der Waals surface area contributed by atoms with Crippen molar-refractivity contribution in [2.24, 2.45) is 0 Å². The first-order valence-corrected chi connectivity index (χ1v) is 2.67. The molecular formula is CH3BOS2. The van der Waals surface area contributed by atoms with Gasteiger partial charge < -0.3 is 0 Å². The molecule has 0 aromatic carbocycles. The monoisotopic (exact) mass is 106 g/mol. The van der Waals surface area contributed by atoms with E-state index in [9.17, 15) is 0 Å². The van der Waals surface area contributed by atoms with Gasteiger partial charge in [-0.25, -0.2) is 0 Å². The van der Waals surface area contributed by atoms with Gasteiger partial charge in [-0.05, 0) is 0 Å². The molecule has 0 aliphatic rings. The zero-order valence-electron chi connectivity index (χ0n) is 2.80. The molecule has 28 valence electrons. The Bertz CT molecular complexity index is 30.8. The van der Waals surface area contributed by atoms with E-state index >= 15 is 0 Å². The molecule has 0 aromatic rings. The molecule has 0 saturated carbocycles. The summed E-state index contributed by atoms with van der Waals surface area (Å²) in [6.45, 7) is 0. The summed E-state index contributed by atoms with van der Waals surface area (Å²) in [4.78, 5) is 0. The minimum absolute atomic E-state index is 1.23. The Morgan fingerprint density at radius 2 is 2.60 bits per heavy atom. The minimum atomic E-state index is 1.23. The quantitative estimate of drug-likeness (QED) is 0.384. The maximum absolute atomic E-state index is 4.44. The molecule has 0 N–H and O–H groups in total. The second kappa shape index (κ2) is 4.43. The molecule has 4 heteroatoms. The van der Waals surface area contributed by atoms with Crippen LogP contribution in [0, 0.1) is 0 Å². The molecule has 0 aromatic heterocycles. The fourth-order valence-electron chi connectivity index (χ4n) is 0.0393. The van der Waals surface area contributed by atoms with E-state index in [2.05, 4.69) is 16.2 Å². The van der Waals surface area contributed by atoms with Gasteiger partial charge in [0.15, 0.2) is 0 Å². The van der Waals surface area contributed by atoms with Crippen molar-refractivity contribution in [3.63, 3.8) is 0 Å². The van der Waals surface area contributed by atoms with Gasteiger partial charge in [0.25, 0.3) is 0 Å². The molecule has 0 spiro atoms. The van der Waals surface area contributed by atoms with Gasteiger partial charge in [-0.3, -0.25) is 0 Å². The van der Waals surface area contributed by atoms with Gasteiger partial charge in [0.1, 0.15) is 0 Å². The predicted octanol–water partition coefficient (Wildman–Crippen LogP) is 1.01. The summed E-state index contributed by atoms with van der Waals surface area (Å²) in [5, 5.41) is 0. The zero-order valence-corrected chi connectivity index (χ0v) is 4.44. The molecule has 5 heavy (non-hydrogen) atoms. The van der Waals surface area contributed by atoms with E-state index in [0.717, 1.165) is 0 Å². The van der Waals surface area contributed by atoms with Crippen LogP contribution in [-0.4, -0.2) is 12.6 Å². The van der Waals surface area contributed by atoms with Crippen LogP contribution < -0.4 is 0 Å². The molecule has 0 heterocycles. The van der Waals surface area contributed by atoms with Crippen molar-refractivity contribution in [3.05, 3.63) is 0 Å². The van der Waals surface area contributed by atoms with E-state index in [0.29, 0.717) is 0 Å². The van der Waals surface area contributed by atoms with Crippen LogP contribution in [0.4, 0.5) is 0 Å². The molecule has 0 bridgehead atoms. The fraction of sp³-hybridized carbons (Fsp3) is 1.00. The van der Waals surface area contributed by atoms with Crippen molar-refractivity contribution in [2.75, 3.05) is 6.26 Å². The van der Waals surface area contributed by atoms with Crippen LogP contribution in [-0.2, 0) is 4.10 Å². The standard InChI is InChI=1S/CH3BOS2/c1-5-3-2-4/h1H3. The maximum atomic E-state index is 4.44. The predicted molar refractivity (Wildman–Crippen MR) is 27.9 cm³/mol. The SMILES string of the molecule is CSOB=S. The molecule has 0 aliphatic carbocycles. The van der Waals surface area contributed by atoms with Gasteiger partial charge in [0.2, 0.25) is 0 Å². The van der Waals surface area contributed by atoms with Crippen LogP contribution in [0.3, 0.4) is 0 Å². The Balaban J connectivity index is 2.40. The molecule has 0 rings (SSSR count). The summed E-state index contributed by atoms with van der Waals surface area (Å²) >= 11 is 5.52. The molecule has 0 aliphatic heterocycles. The summed E-state index contributed by atoms with van der Waals surface area (Å²) in [7, 11) is 0. The van der Waals surface area contributed by atoms with Gasteiger partial charge in [-0.1, -0.05) is 0 Å². The summed E-state index contributed by atoms with van der Waals surface area (Å²) in [5.74, 6) is 0. The molecule has 0 radical (unpaired) electrons. The van der Waals surface area contributed by atoms with Gasteiger partial charge in [0, 0.05) is 0 Å². The average molecular weight is 106 g/mol. The topological polar surface area (TPSA) is 9.23 Å². The van der Waals surface area contributed by atoms with E-state index in [1.165, 1.54) is 18.4 Å². The normalized spacial score (nSPS) is 5.80. The Labute approximate surface area is 41.4 Å². The first-order chi connectivity index (χ1) is 2.41.